The standard InChI is InChI=1S/C20H22ClF3N6O2S/c21-16-9-12(20(26)28-18(25)29-30-20)8-15(19(22,23)24)17(16)11-3-5-14(6-4-11)33(31,32)10-13-2-1-7-27-13/h3-6,8-9,13,27,30H,1-2,7,10,26H2,(H3,25,28,29)/t13-,20?/m0/s1. The van der Waals surface area contributed by atoms with E-state index in [0.29, 0.717) is 0 Å². The lowest BCUT2D eigenvalue weighted by molar-refractivity contribution is -0.137. The summed E-state index contributed by atoms with van der Waals surface area (Å²) in [5.41, 5.74) is 15.2. The molecule has 1 fully saturated rings. The average Bonchev–Trinajstić information content (AvgIpc) is 3.36. The molecule has 0 saturated carbocycles. The molecule has 178 valence electrons. The predicted octanol–water partition coefficient (Wildman–Crippen LogP) is 2.04. The second-order valence-corrected chi connectivity index (χ2v) is 10.4. The highest BCUT2D eigenvalue weighted by molar-refractivity contribution is 7.91. The van der Waals surface area contributed by atoms with Gasteiger partial charge in [-0.3, -0.25) is 11.2 Å². The zero-order chi connectivity index (χ0) is 24.0. The lowest BCUT2D eigenvalue weighted by Crippen LogP contribution is -2.50. The van der Waals surface area contributed by atoms with Gasteiger partial charge in [-0.05, 0) is 49.2 Å². The maximum atomic E-state index is 14.0. The lowest BCUT2D eigenvalue weighted by atomic mass is 9.95. The molecule has 33 heavy (non-hydrogen) atoms. The minimum absolute atomic E-state index is 0.0354. The van der Waals surface area contributed by atoms with Crippen LogP contribution in [0.3, 0.4) is 0 Å². The van der Waals surface area contributed by atoms with Crippen LogP contribution in [-0.4, -0.2) is 32.7 Å². The Morgan fingerprint density at radius 2 is 1.91 bits per heavy atom. The van der Waals surface area contributed by atoms with Crippen LogP contribution in [-0.2, 0) is 21.8 Å². The quantitative estimate of drug-likeness (QED) is 0.422. The first-order chi connectivity index (χ1) is 15.4. The van der Waals surface area contributed by atoms with Crippen molar-refractivity contribution in [2.24, 2.45) is 16.5 Å². The van der Waals surface area contributed by atoms with E-state index < -0.39 is 27.4 Å². The van der Waals surface area contributed by atoms with E-state index in [4.69, 9.17) is 23.1 Å². The van der Waals surface area contributed by atoms with Crippen LogP contribution in [0.4, 0.5) is 13.2 Å². The van der Waals surface area contributed by atoms with Gasteiger partial charge in [0.15, 0.2) is 9.84 Å². The second kappa shape index (κ2) is 8.44. The molecule has 0 spiro atoms. The van der Waals surface area contributed by atoms with E-state index in [1.807, 2.05) is 0 Å². The van der Waals surface area contributed by atoms with Crippen molar-refractivity contribution in [2.75, 3.05) is 12.3 Å². The summed E-state index contributed by atoms with van der Waals surface area (Å²) in [6.45, 7) is 0.765. The molecule has 0 radical (unpaired) electrons. The first-order valence-corrected chi connectivity index (χ1v) is 12.1. The molecule has 7 N–H and O–H groups in total. The van der Waals surface area contributed by atoms with Crippen LogP contribution in [0.15, 0.2) is 46.3 Å². The number of nitrogens with two attached hydrogens (primary N) is 2. The Kier molecular flexibility index (Phi) is 6.08. The minimum atomic E-state index is -4.77. The molecule has 2 atom stereocenters. The van der Waals surface area contributed by atoms with Gasteiger partial charge in [-0.25, -0.2) is 13.4 Å². The summed E-state index contributed by atoms with van der Waals surface area (Å²) in [4.78, 5) is 3.93. The Morgan fingerprint density at radius 3 is 2.45 bits per heavy atom. The van der Waals surface area contributed by atoms with Gasteiger partial charge >= 0.3 is 6.18 Å². The molecule has 0 amide bonds. The van der Waals surface area contributed by atoms with Gasteiger partial charge in [0.2, 0.25) is 11.7 Å². The molecule has 2 aliphatic heterocycles. The van der Waals surface area contributed by atoms with Crippen molar-refractivity contribution in [3.05, 3.63) is 52.5 Å². The summed E-state index contributed by atoms with van der Waals surface area (Å²) in [6.07, 6.45) is -3.11. The molecular formula is C20H22ClF3N6O2S. The lowest BCUT2D eigenvalue weighted by Gasteiger charge is -2.24. The second-order valence-electron chi connectivity index (χ2n) is 7.99. The molecule has 2 aromatic rings. The number of nitrogens with zero attached hydrogens (tertiary/aromatic N) is 1. The SMILES string of the molecule is NC1=NC(N)(c2cc(Cl)c(-c3ccc(S(=O)(=O)C[C@@H]4CCCN4)cc3)c(C(F)(F)F)c2)NN1. The van der Waals surface area contributed by atoms with Gasteiger partial charge < -0.3 is 11.1 Å². The molecule has 1 unspecified atom stereocenters. The smallest absolute Gasteiger partial charge is 0.369 e. The number of hydrogen-bond donors (Lipinski definition) is 5. The first-order valence-electron chi connectivity index (χ1n) is 10.0. The van der Waals surface area contributed by atoms with Crippen molar-refractivity contribution < 1.29 is 21.6 Å². The Balaban J connectivity index is 1.72. The monoisotopic (exact) mass is 502 g/mol. The third kappa shape index (κ3) is 4.80. The Labute approximate surface area is 193 Å². The summed E-state index contributed by atoms with van der Waals surface area (Å²) >= 11 is 6.29. The Morgan fingerprint density at radius 1 is 1.21 bits per heavy atom. The highest BCUT2D eigenvalue weighted by Crippen LogP contribution is 2.43. The molecule has 2 aliphatic rings. The maximum absolute atomic E-state index is 14.0. The molecule has 2 heterocycles. The summed E-state index contributed by atoms with van der Waals surface area (Å²) in [7, 11) is -3.60. The van der Waals surface area contributed by atoms with Gasteiger partial charge in [-0.15, -0.1) is 0 Å². The maximum Gasteiger partial charge on any atom is 0.417 e. The molecule has 4 rings (SSSR count). The fourth-order valence-electron chi connectivity index (χ4n) is 3.97. The van der Waals surface area contributed by atoms with E-state index in [1.165, 1.54) is 30.3 Å². The van der Waals surface area contributed by atoms with Crippen LogP contribution in [0.25, 0.3) is 11.1 Å². The molecule has 0 bridgehead atoms. The normalized spacial score (nSPS) is 23.4. The third-order valence-electron chi connectivity index (χ3n) is 5.60. The van der Waals surface area contributed by atoms with Gasteiger partial charge in [0.1, 0.15) is 0 Å². The number of sulfone groups is 1. The third-order valence-corrected chi connectivity index (χ3v) is 7.73. The van der Waals surface area contributed by atoms with E-state index in [0.717, 1.165) is 25.5 Å². The van der Waals surface area contributed by atoms with Gasteiger partial charge in [0, 0.05) is 22.2 Å². The topological polar surface area (TPSA) is 135 Å². The zero-order valence-corrected chi connectivity index (χ0v) is 18.8. The number of alkyl halides is 3. The van der Waals surface area contributed by atoms with Crippen molar-refractivity contribution in [2.45, 2.75) is 35.7 Å². The molecule has 0 aromatic heterocycles. The summed E-state index contributed by atoms with van der Waals surface area (Å²) in [5, 5.41) is 2.90. The number of rotatable bonds is 5. The van der Waals surface area contributed by atoms with Crippen LogP contribution in [0.5, 0.6) is 0 Å². The molecule has 1 saturated heterocycles. The van der Waals surface area contributed by atoms with Gasteiger partial charge in [0.05, 0.1) is 16.2 Å². The predicted molar refractivity (Wildman–Crippen MR) is 119 cm³/mol. The van der Waals surface area contributed by atoms with Crippen LogP contribution in [0.1, 0.15) is 24.0 Å². The number of hydrogen-bond acceptors (Lipinski definition) is 8. The highest BCUT2D eigenvalue weighted by atomic mass is 35.5. The fourth-order valence-corrected chi connectivity index (χ4v) is 5.86. The van der Waals surface area contributed by atoms with Crippen molar-refractivity contribution >= 4 is 27.4 Å². The first kappa shape index (κ1) is 23.8. The molecule has 2 aromatic carbocycles. The van der Waals surface area contributed by atoms with Crippen molar-refractivity contribution in [1.82, 2.24) is 16.2 Å². The number of guanidine groups is 1. The van der Waals surface area contributed by atoms with Crippen molar-refractivity contribution in [3.63, 3.8) is 0 Å². The number of nitrogens with one attached hydrogen (secondary N) is 3. The van der Waals surface area contributed by atoms with Crippen molar-refractivity contribution in [1.29, 1.82) is 0 Å². The summed E-state index contributed by atoms with van der Waals surface area (Å²) in [5.74, 6) is -1.90. The molecule has 8 nitrogen and oxygen atoms in total. The van der Waals surface area contributed by atoms with Gasteiger partial charge in [0.25, 0.3) is 0 Å². The van der Waals surface area contributed by atoms with Crippen molar-refractivity contribution in [3.8, 4) is 11.1 Å². The van der Waals surface area contributed by atoms with E-state index in [-0.39, 0.29) is 44.4 Å². The number of benzene rings is 2. The van der Waals surface area contributed by atoms with Crippen LogP contribution < -0.4 is 27.6 Å². The van der Waals surface area contributed by atoms with E-state index in [2.05, 4.69) is 21.2 Å². The van der Waals surface area contributed by atoms with Crippen LogP contribution in [0.2, 0.25) is 5.02 Å². The molecule has 13 heteroatoms. The molecular weight excluding hydrogens is 481 g/mol. The Bertz CT molecular complexity index is 1200. The Hall–Kier alpha value is -2.38. The van der Waals surface area contributed by atoms with E-state index in [1.54, 1.807) is 0 Å². The van der Waals surface area contributed by atoms with Crippen LogP contribution >= 0.6 is 11.6 Å². The number of halogens is 4. The van der Waals surface area contributed by atoms with Gasteiger partial charge in [-0.1, -0.05) is 23.7 Å². The van der Waals surface area contributed by atoms with E-state index >= 15 is 0 Å². The fraction of sp³-hybridized carbons (Fsp3) is 0.350. The minimum Gasteiger partial charge on any atom is -0.369 e. The highest BCUT2D eigenvalue weighted by Gasteiger charge is 2.39. The zero-order valence-electron chi connectivity index (χ0n) is 17.2. The average molecular weight is 503 g/mol. The summed E-state index contributed by atoms with van der Waals surface area (Å²) < 4.78 is 67.3. The molecule has 0 aliphatic carbocycles. The largest absolute Gasteiger partial charge is 0.417 e. The summed E-state index contributed by atoms with van der Waals surface area (Å²) in [6, 6.07) is 7.19. The van der Waals surface area contributed by atoms with Crippen LogP contribution in [0, 0.1) is 0 Å². The van der Waals surface area contributed by atoms with Gasteiger partial charge in [-0.2, -0.15) is 18.6 Å². The number of hydrazine groups is 1. The van der Waals surface area contributed by atoms with E-state index in [9.17, 15) is 21.6 Å². The number of aliphatic imine (C=N–C) groups is 1.